The van der Waals surface area contributed by atoms with E-state index < -0.39 is 0 Å². The van der Waals surface area contributed by atoms with Gasteiger partial charge in [-0.25, -0.2) is 0 Å². The largest absolute Gasteiger partial charge is 0.311 e. The third-order valence-corrected chi connectivity index (χ3v) is 3.70. The van der Waals surface area contributed by atoms with Crippen molar-refractivity contribution in [3.05, 3.63) is 0 Å². The minimum Gasteiger partial charge on any atom is -0.311 e. The van der Waals surface area contributed by atoms with Crippen LogP contribution in [0.25, 0.3) is 0 Å². The van der Waals surface area contributed by atoms with Crippen molar-refractivity contribution in [2.24, 2.45) is 5.41 Å². The molecule has 0 saturated carbocycles. The molecule has 16 heavy (non-hydrogen) atoms. The van der Waals surface area contributed by atoms with Crippen molar-refractivity contribution in [3.63, 3.8) is 0 Å². The van der Waals surface area contributed by atoms with Gasteiger partial charge in [0.15, 0.2) is 0 Å². The molecular formula is C14H30N2. The van der Waals surface area contributed by atoms with Crippen molar-refractivity contribution in [1.82, 2.24) is 10.2 Å². The van der Waals surface area contributed by atoms with E-state index in [4.69, 9.17) is 0 Å². The smallest absolute Gasteiger partial charge is 0.0192 e. The average Bonchev–Trinajstić information content (AvgIpc) is 2.13. The molecule has 1 atom stereocenters. The van der Waals surface area contributed by atoms with Crippen LogP contribution in [0.15, 0.2) is 0 Å². The summed E-state index contributed by atoms with van der Waals surface area (Å²) in [5.41, 5.74) is 0.803. The number of hydrogen-bond acceptors (Lipinski definition) is 2. The molecule has 1 aliphatic rings. The first kappa shape index (κ1) is 14.0. The molecule has 1 heterocycles. The van der Waals surface area contributed by atoms with Crippen LogP contribution in [0.4, 0.5) is 0 Å². The van der Waals surface area contributed by atoms with Crippen molar-refractivity contribution < 1.29 is 0 Å². The first-order valence-corrected chi connectivity index (χ1v) is 6.69. The van der Waals surface area contributed by atoms with E-state index in [1.165, 1.54) is 25.9 Å². The summed E-state index contributed by atoms with van der Waals surface area (Å²) in [4.78, 5) is 2.63. The van der Waals surface area contributed by atoms with Crippen molar-refractivity contribution in [2.45, 2.75) is 66.0 Å². The Morgan fingerprint density at radius 2 is 1.69 bits per heavy atom. The Balaban J connectivity index is 2.31. The van der Waals surface area contributed by atoms with Crippen molar-refractivity contribution in [1.29, 1.82) is 0 Å². The van der Waals surface area contributed by atoms with E-state index >= 15 is 0 Å². The van der Waals surface area contributed by atoms with E-state index in [2.05, 4.69) is 51.8 Å². The lowest BCUT2D eigenvalue weighted by Gasteiger charge is -2.40. The SMILES string of the molecule is CC(CNC(C)(C)C)N1CCC(C)(C)CC1. The van der Waals surface area contributed by atoms with Crippen LogP contribution in [0.2, 0.25) is 0 Å². The monoisotopic (exact) mass is 226 g/mol. The fourth-order valence-corrected chi connectivity index (χ4v) is 2.15. The van der Waals surface area contributed by atoms with Crippen LogP contribution in [-0.2, 0) is 0 Å². The minimum atomic E-state index is 0.239. The Labute approximate surface area is 102 Å². The highest BCUT2D eigenvalue weighted by Crippen LogP contribution is 2.30. The lowest BCUT2D eigenvalue weighted by Crippen LogP contribution is -2.49. The Bertz CT molecular complexity index is 205. The second-order valence-electron chi connectivity index (χ2n) is 7.18. The van der Waals surface area contributed by atoms with Crippen molar-refractivity contribution in [2.75, 3.05) is 19.6 Å². The topological polar surface area (TPSA) is 15.3 Å². The lowest BCUT2D eigenvalue weighted by atomic mass is 9.82. The molecule has 2 nitrogen and oxygen atoms in total. The molecular weight excluding hydrogens is 196 g/mol. The molecule has 0 radical (unpaired) electrons. The third-order valence-electron chi connectivity index (χ3n) is 3.70. The van der Waals surface area contributed by atoms with Crippen LogP contribution in [0.3, 0.4) is 0 Å². The molecule has 0 bridgehead atoms. The summed E-state index contributed by atoms with van der Waals surface area (Å²) in [6.45, 7) is 17.5. The Morgan fingerprint density at radius 3 is 2.12 bits per heavy atom. The number of hydrogen-bond donors (Lipinski definition) is 1. The second kappa shape index (κ2) is 5.05. The Hall–Kier alpha value is -0.0800. The van der Waals surface area contributed by atoms with Gasteiger partial charge in [-0.15, -0.1) is 0 Å². The van der Waals surface area contributed by atoms with Gasteiger partial charge in [-0.05, 0) is 59.0 Å². The highest BCUT2D eigenvalue weighted by atomic mass is 15.2. The molecule has 1 aliphatic heterocycles. The van der Waals surface area contributed by atoms with Gasteiger partial charge in [-0.2, -0.15) is 0 Å². The zero-order valence-electron chi connectivity index (χ0n) is 12.1. The van der Waals surface area contributed by atoms with E-state index in [0.717, 1.165) is 6.54 Å². The van der Waals surface area contributed by atoms with Crippen LogP contribution in [0.5, 0.6) is 0 Å². The fraction of sp³-hybridized carbons (Fsp3) is 1.00. The summed E-state index contributed by atoms with van der Waals surface area (Å²) in [5.74, 6) is 0. The summed E-state index contributed by atoms with van der Waals surface area (Å²) in [5, 5.41) is 3.60. The molecule has 2 heteroatoms. The molecule has 0 amide bonds. The summed E-state index contributed by atoms with van der Waals surface area (Å²) in [7, 11) is 0. The summed E-state index contributed by atoms with van der Waals surface area (Å²) in [6.07, 6.45) is 2.68. The predicted octanol–water partition coefficient (Wildman–Crippen LogP) is 2.89. The fourth-order valence-electron chi connectivity index (χ4n) is 2.15. The van der Waals surface area contributed by atoms with Crippen molar-refractivity contribution in [3.8, 4) is 0 Å². The molecule has 1 fully saturated rings. The van der Waals surface area contributed by atoms with E-state index in [-0.39, 0.29) is 5.54 Å². The molecule has 1 saturated heterocycles. The van der Waals surface area contributed by atoms with Gasteiger partial charge in [0.05, 0.1) is 0 Å². The van der Waals surface area contributed by atoms with Crippen LogP contribution in [0, 0.1) is 5.41 Å². The quantitative estimate of drug-likeness (QED) is 0.796. The Kier molecular flexibility index (Phi) is 4.42. The number of nitrogens with one attached hydrogen (secondary N) is 1. The molecule has 0 aromatic rings. The van der Waals surface area contributed by atoms with Gasteiger partial charge in [0.25, 0.3) is 0 Å². The maximum Gasteiger partial charge on any atom is 0.0192 e. The van der Waals surface area contributed by atoms with E-state index in [9.17, 15) is 0 Å². The first-order valence-electron chi connectivity index (χ1n) is 6.69. The van der Waals surface area contributed by atoms with Gasteiger partial charge in [0, 0.05) is 18.1 Å². The van der Waals surface area contributed by atoms with Crippen LogP contribution < -0.4 is 5.32 Å². The van der Waals surface area contributed by atoms with Crippen LogP contribution in [0.1, 0.15) is 54.4 Å². The molecule has 1 unspecified atom stereocenters. The molecule has 1 rings (SSSR count). The van der Waals surface area contributed by atoms with Gasteiger partial charge >= 0.3 is 0 Å². The summed E-state index contributed by atoms with van der Waals surface area (Å²) >= 11 is 0. The summed E-state index contributed by atoms with van der Waals surface area (Å²) in [6, 6.07) is 0.662. The first-order chi connectivity index (χ1) is 7.20. The van der Waals surface area contributed by atoms with Gasteiger partial charge in [0.1, 0.15) is 0 Å². The zero-order chi connectivity index (χ0) is 12.4. The van der Waals surface area contributed by atoms with Crippen molar-refractivity contribution >= 4 is 0 Å². The van der Waals surface area contributed by atoms with Gasteiger partial charge in [0.2, 0.25) is 0 Å². The molecule has 0 aliphatic carbocycles. The van der Waals surface area contributed by atoms with E-state index in [1.54, 1.807) is 0 Å². The molecule has 0 aromatic heterocycles. The zero-order valence-corrected chi connectivity index (χ0v) is 12.1. The van der Waals surface area contributed by atoms with E-state index in [1.807, 2.05) is 0 Å². The average molecular weight is 226 g/mol. The maximum atomic E-state index is 3.60. The summed E-state index contributed by atoms with van der Waals surface area (Å²) < 4.78 is 0. The highest BCUT2D eigenvalue weighted by Gasteiger charge is 2.27. The minimum absolute atomic E-state index is 0.239. The number of nitrogens with zero attached hydrogens (tertiary/aromatic N) is 1. The maximum absolute atomic E-state index is 3.60. The highest BCUT2D eigenvalue weighted by molar-refractivity contribution is 4.83. The molecule has 0 aromatic carbocycles. The number of rotatable bonds is 3. The van der Waals surface area contributed by atoms with Crippen LogP contribution in [-0.4, -0.2) is 36.1 Å². The van der Waals surface area contributed by atoms with Crippen LogP contribution >= 0.6 is 0 Å². The third kappa shape index (κ3) is 4.84. The molecule has 96 valence electrons. The second-order valence-corrected chi connectivity index (χ2v) is 7.18. The van der Waals surface area contributed by atoms with Gasteiger partial charge in [-0.3, -0.25) is 4.90 Å². The predicted molar refractivity (Wildman–Crippen MR) is 71.8 cm³/mol. The molecule has 0 spiro atoms. The molecule has 1 N–H and O–H groups in total. The van der Waals surface area contributed by atoms with Gasteiger partial charge in [-0.1, -0.05) is 13.8 Å². The van der Waals surface area contributed by atoms with Gasteiger partial charge < -0.3 is 5.32 Å². The normalized spacial score (nSPS) is 24.4. The lowest BCUT2D eigenvalue weighted by molar-refractivity contribution is 0.0969. The standard InChI is InChI=1S/C14H30N2/c1-12(11-15-13(2,3)4)16-9-7-14(5,6)8-10-16/h12,15H,7-11H2,1-6H3. The number of likely N-dealkylation sites (tertiary alicyclic amines) is 1. The number of piperidine rings is 1. The van der Waals surface area contributed by atoms with E-state index in [0.29, 0.717) is 11.5 Å². The Morgan fingerprint density at radius 1 is 1.19 bits per heavy atom.